The van der Waals surface area contributed by atoms with Crippen molar-refractivity contribution in [1.29, 1.82) is 0 Å². The number of aliphatic hydroxyl groups is 1. The van der Waals surface area contributed by atoms with Crippen molar-refractivity contribution in [2.24, 2.45) is 7.05 Å². The summed E-state index contributed by atoms with van der Waals surface area (Å²) in [5.74, 6) is 0.945. The highest BCUT2D eigenvalue weighted by atomic mass is 35.5. The first-order valence-corrected chi connectivity index (χ1v) is 8.07. The summed E-state index contributed by atoms with van der Waals surface area (Å²) in [4.78, 5) is 4.65. The van der Waals surface area contributed by atoms with Gasteiger partial charge in [0.25, 0.3) is 0 Å². The molecule has 0 aliphatic heterocycles. The van der Waals surface area contributed by atoms with Crippen LogP contribution in [0.15, 0.2) is 48.5 Å². The molecule has 0 bridgehead atoms. The fourth-order valence-corrected chi connectivity index (χ4v) is 2.96. The topological polar surface area (TPSA) is 50.1 Å². The van der Waals surface area contributed by atoms with Crippen molar-refractivity contribution < 1.29 is 5.11 Å². The molecule has 2 aromatic carbocycles. The third-order valence-corrected chi connectivity index (χ3v) is 4.30. The summed E-state index contributed by atoms with van der Waals surface area (Å²) < 4.78 is 2.07. The number of aliphatic hydroxyl groups excluding tert-OH is 1. The van der Waals surface area contributed by atoms with Crippen LogP contribution in [0.5, 0.6) is 0 Å². The van der Waals surface area contributed by atoms with Gasteiger partial charge >= 0.3 is 0 Å². The van der Waals surface area contributed by atoms with E-state index in [0.717, 1.165) is 16.9 Å². The van der Waals surface area contributed by atoms with E-state index in [9.17, 15) is 5.11 Å². The highest BCUT2D eigenvalue weighted by molar-refractivity contribution is 6.31. The number of hydrogen-bond acceptors (Lipinski definition) is 3. The van der Waals surface area contributed by atoms with E-state index in [0.29, 0.717) is 18.0 Å². The van der Waals surface area contributed by atoms with Crippen molar-refractivity contribution in [3.63, 3.8) is 0 Å². The average molecular weight is 330 g/mol. The van der Waals surface area contributed by atoms with Gasteiger partial charge in [-0.05, 0) is 30.2 Å². The molecule has 0 saturated carbocycles. The van der Waals surface area contributed by atoms with Crippen LogP contribution in [0.25, 0.3) is 11.0 Å². The number of hydrogen-bond donors (Lipinski definition) is 2. The molecule has 23 heavy (non-hydrogen) atoms. The van der Waals surface area contributed by atoms with Gasteiger partial charge in [0.15, 0.2) is 0 Å². The second-order valence-electron chi connectivity index (χ2n) is 5.58. The summed E-state index contributed by atoms with van der Waals surface area (Å²) in [5.41, 5.74) is 3.13. The molecule has 3 aromatic rings. The van der Waals surface area contributed by atoms with Crippen molar-refractivity contribution in [2.75, 3.05) is 6.61 Å². The van der Waals surface area contributed by atoms with Crippen LogP contribution in [0.3, 0.4) is 0 Å². The Labute approximate surface area is 140 Å². The Morgan fingerprint density at radius 3 is 2.74 bits per heavy atom. The summed E-state index contributed by atoms with van der Waals surface area (Å²) in [6.07, 6.45) is 0.666. The molecular formula is C18H20ClN3O. The van der Waals surface area contributed by atoms with Gasteiger partial charge in [-0.25, -0.2) is 4.98 Å². The van der Waals surface area contributed by atoms with E-state index in [1.165, 1.54) is 5.56 Å². The van der Waals surface area contributed by atoms with Gasteiger partial charge in [0.1, 0.15) is 5.82 Å². The molecule has 0 unspecified atom stereocenters. The van der Waals surface area contributed by atoms with E-state index in [-0.39, 0.29) is 12.6 Å². The molecule has 5 heteroatoms. The van der Waals surface area contributed by atoms with Crippen LogP contribution in [-0.4, -0.2) is 21.3 Å². The standard InChI is InChI=1S/C18H20ClN3O/c1-22-17-8-7-14(19)11-16(17)21-18(22)12-20-15(9-10-23)13-5-3-2-4-6-13/h2-8,11,15,20,23H,9-10,12H2,1H3/t15-/m1/s1. The minimum Gasteiger partial charge on any atom is -0.396 e. The molecule has 1 aromatic heterocycles. The summed E-state index contributed by atoms with van der Waals surface area (Å²) in [7, 11) is 2.00. The Hall–Kier alpha value is -1.88. The molecule has 0 fully saturated rings. The second-order valence-corrected chi connectivity index (χ2v) is 6.01. The number of benzene rings is 2. The quantitative estimate of drug-likeness (QED) is 0.728. The first kappa shape index (κ1) is 16.0. The van der Waals surface area contributed by atoms with Gasteiger partial charge < -0.3 is 15.0 Å². The summed E-state index contributed by atoms with van der Waals surface area (Å²) in [6.45, 7) is 0.771. The van der Waals surface area contributed by atoms with Crippen molar-refractivity contribution >= 4 is 22.6 Å². The van der Waals surface area contributed by atoms with Gasteiger partial charge in [-0.3, -0.25) is 0 Å². The van der Waals surface area contributed by atoms with E-state index in [4.69, 9.17) is 11.6 Å². The molecule has 0 aliphatic rings. The molecule has 0 saturated heterocycles. The second kappa shape index (κ2) is 7.13. The maximum atomic E-state index is 9.32. The third-order valence-electron chi connectivity index (χ3n) is 4.06. The highest BCUT2D eigenvalue weighted by Crippen LogP contribution is 2.21. The Morgan fingerprint density at radius 1 is 1.22 bits per heavy atom. The first-order chi connectivity index (χ1) is 11.2. The van der Waals surface area contributed by atoms with Crippen LogP contribution in [0, 0.1) is 0 Å². The van der Waals surface area contributed by atoms with E-state index in [2.05, 4.69) is 27.0 Å². The minimum atomic E-state index is 0.101. The van der Waals surface area contributed by atoms with Gasteiger partial charge in [-0.1, -0.05) is 41.9 Å². The van der Waals surface area contributed by atoms with Gasteiger partial charge in [-0.2, -0.15) is 0 Å². The predicted molar refractivity (Wildman–Crippen MR) is 93.4 cm³/mol. The average Bonchev–Trinajstić information content (AvgIpc) is 2.87. The Balaban J connectivity index is 1.79. The molecule has 2 N–H and O–H groups in total. The lowest BCUT2D eigenvalue weighted by molar-refractivity contribution is 0.264. The molecule has 3 rings (SSSR count). The van der Waals surface area contributed by atoms with Crippen LogP contribution in [0.4, 0.5) is 0 Å². The smallest absolute Gasteiger partial charge is 0.123 e. The van der Waals surface area contributed by atoms with Crippen LogP contribution >= 0.6 is 11.6 Å². The van der Waals surface area contributed by atoms with Gasteiger partial charge in [0, 0.05) is 24.7 Å². The molecule has 1 atom stereocenters. The van der Waals surface area contributed by atoms with E-state index in [1.54, 1.807) is 0 Å². The lowest BCUT2D eigenvalue weighted by Gasteiger charge is -2.18. The lowest BCUT2D eigenvalue weighted by atomic mass is 10.0. The maximum Gasteiger partial charge on any atom is 0.123 e. The summed E-state index contributed by atoms with van der Waals surface area (Å²) in [6, 6.07) is 16.0. The fraction of sp³-hybridized carbons (Fsp3) is 0.278. The van der Waals surface area contributed by atoms with Crippen LogP contribution in [-0.2, 0) is 13.6 Å². The van der Waals surface area contributed by atoms with Gasteiger partial charge in [0.2, 0.25) is 0 Å². The van der Waals surface area contributed by atoms with E-state index >= 15 is 0 Å². The predicted octanol–water partition coefficient (Wildman–Crippen LogP) is 3.44. The first-order valence-electron chi connectivity index (χ1n) is 7.69. The minimum absolute atomic E-state index is 0.101. The Bertz CT molecular complexity index is 786. The van der Waals surface area contributed by atoms with Crippen molar-refractivity contribution in [2.45, 2.75) is 19.0 Å². The number of fused-ring (bicyclic) bond motifs is 1. The molecule has 0 spiro atoms. The number of aromatic nitrogens is 2. The maximum absolute atomic E-state index is 9.32. The van der Waals surface area contributed by atoms with Crippen LogP contribution < -0.4 is 5.32 Å². The number of halogens is 1. The molecule has 0 amide bonds. The van der Waals surface area contributed by atoms with Crippen molar-refractivity contribution in [1.82, 2.24) is 14.9 Å². The number of nitrogens with zero attached hydrogens (tertiary/aromatic N) is 2. The van der Waals surface area contributed by atoms with Crippen LogP contribution in [0.1, 0.15) is 23.9 Å². The van der Waals surface area contributed by atoms with Crippen molar-refractivity contribution in [3.8, 4) is 0 Å². The van der Waals surface area contributed by atoms with E-state index < -0.39 is 0 Å². The summed E-state index contributed by atoms with van der Waals surface area (Å²) >= 11 is 6.04. The molecular weight excluding hydrogens is 310 g/mol. The number of rotatable bonds is 6. The van der Waals surface area contributed by atoms with Crippen molar-refractivity contribution in [3.05, 3.63) is 64.9 Å². The SMILES string of the molecule is Cn1c(CN[C@H](CCO)c2ccccc2)nc2cc(Cl)ccc21. The molecule has 4 nitrogen and oxygen atoms in total. The monoisotopic (exact) mass is 329 g/mol. The van der Waals surface area contributed by atoms with Gasteiger partial charge in [0.05, 0.1) is 17.6 Å². The highest BCUT2D eigenvalue weighted by Gasteiger charge is 2.13. The molecule has 0 aliphatic carbocycles. The molecule has 1 heterocycles. The number of imidazole rings is 1. The largest absolute Gasteiger partial charge is 0.396 e. The Kier molecular flexibility index (Phi) is 4.96. The molecule has 0 radical (unpaired) electrons. The fourth-order valence-electron chi connectivity index (χ4n) is 2.80. The van der Waals surface area contributed by atoms with Gasteiger partial charge in [-0.15, -0.1) is 0 Å². The zero-order valence-corrected chi connectivity index (χ0v) is 13.8. The summed E-state index contributed by atoms with van der Waals surface area (Å²) in [5, 5.41) is 13.5. The molecule has 120 valence electrons. The number of aryl methyl sites for hydroxylation is 1. The normalized spacial score (nSPS) is 12.7. The zero-order chi connectivity index (χ0) is 16.2. The Morgan fingerprint density at radius 2 is 2.00 bits per heavy atom. The zero-order valence-electron chi connectivity index (χ0n) is 13.0. The number of nitrogens with one attached hydrogen (secondary N) is 1. The lowest BCUT2D eigenvalue weighted by Crippen LogP contribution is -2.23. The van der Waals surface area contributed by atoms with Crippen LogP contribution in [0.2, 0.25) is 5.02 Å². The van der Waals surface area contributed by atoms with E-state index in [1.807, 2.05) is 43.4 Å². The third kappa shape index (κ3) is 3.55.